The van der Waals surface area contributed by atoms with E-state index in [9.17, 15) is 28.1 Å². The molecule has 3 atom stereocenters. The summed E-state index contributed by atoms with van der Waals surface area (Å²) in [5.74, 6) is -1.02. The van der Waals surface area contributed by atoms with Crippen molar-refractivity contribution in [2.75, 3.05) is 69.2 Å². The first-order valence-corrected chi connectivity index (χ1v) is 25.2. The molecule has 1 aliphatic carbocycles. The quantitative estimate of drug-likeness (QED) is 0.0963. The fourth-order valence-electron chi connectivity index (χ4n) is 10.9. The number of allylic oxidation sites excluding steroid dienone is 1. The highest BCUT2D eigenvalue weighted by molar-refractivity contribution is 7.90. The third kappa shape index (κ3) is 8.53. The number of nitro groups is 1. The van der Waals surface area contributed by atoms with Crippen LogP contribution in [0.2, 0.25) is 5.02 Å². The zero-order chi connectivity index (χ0) is 47.9. The Bertz CT molecular complexity index is 3270. The summed E-state index contributed by atoms with van der Waals surface area (Å²) in [5, 5.41) is 17.1. The van der Waals surface area contributed by atoms with Gasteiger partial charge in [0, 0.05) is 93.3 Å². The van der Waals surface area contributed by atoms with Crippen LogP contribution >= 0.6 is 11.6 Å². The first-order chi connectivity index (χ1) is 33.1. The molecule has 7 heterocycles. The van der Waals surface area contributed by atoms with Crippen molar-refractivity contribution in [3.8, 4) is 11.4 Å². The van der Waals surface area contributed by atoms with Crippen LogP contribution in [0.1, 0.15) is 55.5 Å². The number of nitrogens with one attached hydrogen (secondary N) is 3. The molecule has 18 nitrogen and oxygen atoms in total. The summed E-state index contributed by atoms with van der Waals surface area (Å²) in [6.07, 6.45) is 5.97. The maximum Gasteiger partial charge on any atom is 0.297 e. The largest absolute Gasteiger partial charge is 0.489 e. The number of hydrogen-bond donors (Lipinski definition) is 3. The Morgan fingerprint density at radius 2 is 1.84 bits per heavy atom. The molecule has 11 rings (SSSR count). The molecule has 6 aromatic rings. The molecule has 0 spiro atoms. The number of halogens is 1. The number of ether oxygens (including phenoxy) is 2. The smallest absolute Gasteiger partial charge is 0.297 e. The predicted molar refractivity (Wildman–Crippen MR) is 263 cm³/mol. The van der Waals surface area contributed by atoms with Gasteiger partial charge in [-0.2, -0.15) is 0 Å². The van der Waals surface area contributed by atoms with E-state index >= 15 is 0 Å². The fraction of sp³-hybridized carbons (Fsp3) is 0.408. The number of pyridine rings is 1. The number of piperazine rings is 1. The van der Waals surface area contributed by atoms with Crippen LogP contribution in [0, 0.1) is 15.5 Å². The SMILES string of the molecule is Cn1c(=O)c2nc3[nH]ccc3cc2n1-c1cc(N2CCN(CC3=C(c4ccc(Cl)cc4)CC(C)(C)CC3)CC2)ccc1C(=O)NS(=O)(=O)c1cc2c(c([N+](=O)[O-])c1)N[C@H](CN1C[C@@H]3C[C@H]1CO3)CO2. The number of nitro benzene ring substituents is 1. The fourth-order valence-corrected chi connectivity index (χ4v) is 12.0. The molecule has 5 aliphatic rings. The number of fused-ring (bicyclic) bond motifs is 5. The third-order valence-electron chi connectivity index (χ3n) is 14.6. The summed E-state index contributed by atoms with van der Waals surface area (Å²) < 4.78 is 45.2. The van der Waals surface area contributed by atoms with Gasteiger partial charge in [-0.15, -0.1) is 0 Å². The lowest BCUT2D eigenvalue weighted by atomic mass is 9.72. The number of carbonyl (C=O) groups excluding carboxylic acids is 1. The van der Waals surface area contributed by atoms with Crippen molar-refractivity contribution in [3.05, 3.63) is 115 Å². The number of rotatable bonds is 11. The van der Waals surface area contributed by atoms with E-state index in [2.05, 4.69) is 60.7 Å². The summed E-state index contributed by atoms with van der Waals surface area (Å²) in [6.45, 7) is 10.5. The molecule has 2 bridgehead atoms. The molecule has 4 aliphatic heterocycles. The van der Waals surface area contributed by atoms with Gasteiger partial charge >= 0.3 is 0 Å². The summed E-state index contributed by atoms with van der Waals surface area (Å²) >= 11 is 6.27. The minimum Gasteiger partial charge on any atom is -0.489 e. The van der Waals surface area contributed by atoms with E-state index < -0.39 is 37.0 Å². The number of benzene rings is 3. The van der Waals surface area contributed by atoms with Crippen molar-refractivity contribution in [2.45, 2.75) is 62.6 Å². The Morgan fingerprint density at radius 1 is 1.04 bits per heavy atom. The number of hydrogen-bond acceptors (Lipinski definition) is 13. The van der Waals surface area contributed by atoms with E-state index in [0.29, 0.717) is 42.4 Å². The number of nitrogens with zero attached hydrogens (tertiary/aromatic N) is 7. The van der Waals surface area contributed by atoms with Gasteiger partial charge in [0.25, 0.3) is 27.2 Å². The van der Waals surface area contributed by atoms with Crippen LogP contribution < -0.4 is 25.2 Å². The van der Waals surface area contributed by atoms with Gasteiger partial charge < -0.3 is 24.7 Å². The molecule has 0 radical (unpaired) electrons. The van der Waals surface area contributed by atoms with Gasteiger partial charge in [0.15, 0.2) is 17.0 Å². The summed E-state index contributed by atoms with van der Waals surface area (Å²) in [5.41, 5.74) is 5.44. The van der Waals surface area contributed by atoms with E-state index in [1.165, 1.54) is 27.5 Å². The minimum absolute atomic E-state index is 0.0107. The highest BCUT2D eigenvalue weighted by atomic mass is 35.5. The maximum absolute atomic E-state index is 14.5. The molecule has 3 fully saturated rings. The molecule has 3 aromatic heterocycles. The lowest BCUT2D eigenvalue weighted by molar-refractivity contribution is -0.384. The lowest BCUT2D eigenvalue weighted by Crippen LogP contribution is -2.47. The maximum atomic E-state index is 14.5. The summed E-state index contributed by atoms with van der Waals surface area (Å²) in [4.78, 5) is 54.3. The Kier molecular flexibility index (Phi) is 11.3. The monoisotopic (exact) mass is 976 g/mol. The Morgan fingerprint density at radius 3 is 2.58 bits per heavy atom. The number of morpholine rings is 1. The Balaban J connectivity index is 0.884. The first-order valence-electron chi connectivity index (χ1n) is 23.4. The molecule has 1 amide bonds. The van der Waals surface area contributed by atoms with Gasteiger partial charge in [-0.1, -0.05) is 43.2 Å². The van der Waals surface area contributed by atoms with Crippen LogP contribution in [0.3, 0.4) is 0 Å². The average Bonchev–Trinajstić information content (AvgIpc) is 4.13. The van der Waals surface area contributed by atoms with Gasteiger partial charge in [0.2, 0.25) is 0 Å². The van der Waals surface area contributed by atoms with E-state index in [4.69, 9.17) is 21.1 Å². The number of likely N-dealkylation sites (tertiary alicyclic amines) is 1. The highest BCUT2D eigenvalue weighted by Gasteiger charge is 2.41. The molecule has 3 saturated heterocycles. The van der Waals surface area contributed by atoms with Crippen LogP contribution in [0.4, 0.5) is 17.1 Å². The number of H-pyrrole nitrogens is 1. The van der Waals surface area contributed by atoms with E-state index in [1.807, 2.05) is 18.2 Å². The van der Waals surface area contributed by atoms with Crippen molar-refractivity contribution in [3.63, 3.8) is 0 Å². The molecule has 0 saturated carbocycles. The number of aromatic amines is 1. The molecular formula is C49H53ClN10O8S. The first kappa shape index (κ1) is 45.2. The number of carbonyl (C=O) groups is 1. The second kappa shape index (κ2) is 17.3. The predicted octanol–water partition coefficient (Wildman–Crippen LogP) is 6.32. The Labute approximate surface area is 403 Å². The summed E-state index contributed by atoms with van der Waals surface area (Å²) in [6, 6.07) is 19.0. The molecule has 360 valence electrons. The highest BCUT2D eigenvalue weighted by Crippen LogP contribution is 2.44. The average molecular weight is 978 g/mol. The van der Waals surface area contributed by atoms with Crippen LogP contribution in [0.15, 0.2) is 88.2 Å². The van der Waals surface area contributed by atoms with Crippen LogP contribution in [-0.4, -0.2) is 126 Å². The van der Waals surface area contributed by atoms with Crippen molar-refractivity contribution in [2.24, 2.45) is 12.5 Å². The van der Waals surface area contributed by atoms with Crippen molar-refractivity contribution in [1.29, 1.82) is 0 Å². The molecule has 3 N–H and O–H groups in total. The number of aromatic nitrogens is 4. The van der Waals surface area contributed by atoms with Crippen LogP contribution in [-0.2, 0) is 21.8 Å². The molecule has 3 aromatic carbocycles. The van der Waals surface area contributed by atoms with Gasteiger partial charge in [0.1, 0.15) is 12.3 Å². The number of anilines is 2. The molecule has 69 heavy (non-hydrogen) atoms. The van der Waals surface area contributed by atoms with Crippen molar-refractivity contribution >= 4 is 72.2 Å². The lowest BCUT2D eigenvalue weighted by Gasteiger charge is -2.39. The minimum atomic E-state index is -4.74. The Hall–Kier alpha value is -6.25. The molecular weight excluding hydrogens is 924 g/mol. The molecule has 20 heteroatoms. The second-order valence-electron chi connectivity index (χ2n) is 19.8. The van der Waals surface area contributed by atoms with Gasteiger partial charge in [0.05, 0.1) is 45.3 Å². The third-order valence-corrected chi connectivity index (χ3v) is 16.1. The molecule has 0 unspecified atom stereocenters. The van der Waals surface area contributed by atoms with Crippen molar-refractivity contribution in [1.82, 2.24) is 33.9 Å². The summed E-state index contributed by atoms with van der Waals surface area (Å²) in [7, 11) is -3.17. The standard InChI is InChI=1S/C49H53ClN10O8S/c1-49(2)12-10-31(39(23-49)29-4-6-32(50)7-5-29)24-56-14-16-57(17-15-56)34-8-9-38(40(20-34)59-41-18-30-11-13-51-46(30)53-45(41)48(62)55(59)3)47(61)54-69(65,66)37-21-42(60(63)64)44-43(22-37)68-27-33(52-44)25-58-26-36-19-35(58)28-67-36/h4-9,11,13,18,20-22,33,35-36,52H,10,12,14-17,19,23-28H2,1-3H3,(H,51,53)(H,54,61)/t33-,35+,36+/m1/s1. The topological polar surface area (TPSA) is 202 Å². The normalized spacial score (nSPS) is 21.7. The zero-order valence-electron chi connectivity index (χ0n) is 38.5. The van der Waals surface area contributed by atoms with E-state index in [-0.39, 0.29) is 58.4 Å². The van der Waals surface area contributed by atoms with E-state index in [0.717, 1.165) is 69.0 Å². The second-order valence-corrected chi connectivity index (χ2v) is 21.9. The van der Waals surface area contributed by atoms with Crippen molar-refractivity contribution < 1.29 is 27.6 Å². The van der Waals surface area contributed by atoms with E-state index in [1.54, 1.807) is 42.2 Å². The van der Waals surface area contributed by atoms with Gasteiger partial charge in [-0.25, -0.2) is 27.5 Å². The zero-order valence-corrected chi connectivity index (χ0v) is 40.1. The van der Waals surface area contributed by atoms with Gasteiger partial charge in [-0.05, 0) is 84.7 Å². The number of amides is 1. The number of sulfonamides is 1. The van der Waals surface area contributed by atoms with Crippen LogP contribution in [0.25, 0.3) is 33.3 Å². The van der Waals surface area contributed by atoms with Gasteiger partial charge in [-0.3, -0.25) is 29.5 Å². The van der Waals surface area contributed by atoms with Crippen LogP contribution in [0.5, 0.6) is 5.75 Å².